The molecule has 27 heavy (non-hydrogen) atoms. The molecule has 4 nitrogen and oxygen atoms in total. The van der Waals surface area contributed by atoms with E-state index in [1.807, 2.05) is 0 Å². The summed E-state index contributed by atoms with van der Waals surface area (Å²) >= 11 is 0. The fourth-order valence-electron chi connectivity index (χ4n) is 9.25. The Balaban J connectivity index is 1.67. The third kappa shape index (κ3) is 2.00. The first kappa shape index (κ1) is 18.4. The zero-order chi connectivity index (χ0) is 19.2. The van der Waals surface area contributed by atoms with Crippen molar-refractivity contribution < 1.29 is 14.6 Å². The number of hydrogen-bond donors (Lipinski definition) is 1. The van der Waals surface area contributed by atoms with Crippen LogP contribution in [0.15, 0.2) is 0 Å². The van der Waals surface area contributed by atoms with Gasteiger partial charge in [-0.1, -0.05) is 20.8 Å². The summed E-state index contributed by atoms with van der Waals surface area (Å²) in [5, 5.41) is 11.9. The van der Waals surface area contributed by atoms with Crippen LogP contribution in [0.3, 0.4) is 0 Å². The second kappa shape index (κ2) is 5.72. The summed E-state index contributed by atoms with van der Waals surface area (Å²) in [5.74, 6) is 2.86. The standard InChI is InChI=1S/C23H37NO3/c1-14(2)16-7-10-21(3)15-12-18-17-6-5-9-23(18,26)24(13-15)20(16)22(17,21)11-8-19(25)27-4/h14-18,20,26H,5-13H2,1-4H3/t15?,16?,17?,18?,20?,21-,22-,23+/m0/s1. The number of rotatable bonds is 4. The van der Waals surface area contributed by atoms with Gasteiger partial charge < -0.3 is 9.84 Å². The van der Waals surface area contributed by atoms with Crippen molar-refractivity contribution in [2.75, 3.05) is 13.7 Å². The van der Waals surface area contributed by atoms with Crippen LogP contribution in [0.5, 0.6) is 0 Å². The zero-order valence-corrected chi connectivity index (χ0v) is 17.5. The van der Waals surface area contributed by atoms with Gasteiger partial charge >= 0.3 is 5.97 Å². The maximum atomic E-state index is 12.2. The number of piperidine rings is 3. The molecule has 8 bridgehead atoms. The highest BCUT2D eigenvalue weighted by Crippen LogP contribution is 2.78. The van der Waals surface area contributed by atoms with Crippen molar-refractivity contribution in [3.63, 3.8) is 0 Å². The van der Waals surface area contributed by atoms with Crippen molar-refractivity contribution in [2.24, 2.45) is 40.4 Å². The molecular formula is C23H37NO3. The third-order valence-corrected chi connectivity index (χ3v) is 10.3. The van der Waals surface area contributed by atoms with Gasteiger partial charge in [0.05, 0.1) is 7.11 Å². The van der Waals surface area contributed by atoms with Gasteiger partial charge in [0.15, 0.2) is 0 Å². The lowest BCUT2D eigenvalue weighted by molar-refractivity contribution is -0.388. The zero-order valence-electron chi connectivity index (χ0n) is 17.5. The summed E-state index contributed by atoms with van der Waals surface area (Å²) in [5.41, 5.74) is -0.0923. The fourth-order valence-corrected chi connectivity index (χ4v) is 9.25. The van der Waals surface area contributed by atoms with Gasteiger partial charge in [-0.15, -0.1) is 0 Å². The molecule has 6 rings (SSSR count). The molecule has 3 aliphatic carbocycles. The number of ether oxygens (including phenoxy) is 1. The Labute approximate surface area is 164 Å². The Morgan fingerprint density at radius 2 is 2.04 bits per heavy atom. The quantitative estimate of drug-likeness (QED) is 0.759. The smallest absolute Gasteiger partial charge is 0.305 e. The number of hydrogen-bond acceptors (Lipinski definition) is 4. The average molecular weight is 376 g/mol. The molecule has 0 aromatic rings. The van der Waals surface area contributed by atoms with Crippen LogP contribution in [-0.4, -0.2) is 41.4 Å². The number of esters is 1. The van der Waals surface area contributed by atoms with E-state index < -0.39 is 5.72 Å². The first-order chi connectivity index (χ1) is 12.8. The third-order valence-electron chi connectivity index (χ3n) is 10.3. The molecule has 152 valence electrons. The second-order valence-electron chi connectivity index (χ2n) is 11.0. The van der Waals surface area contributed by atoms with Crippen molar-refractivity contribution >= 4 is 5.97 Å². The lowest BCUT2D eigenvalue weighted by Crippen LogP contribution is -2.86. The van der Waals surface area contributed by atoms with Crippen LogP contribution in [0.2, 0.25) is 0 Å². The van der Waals surface area contributed by atoms with Crippen LogP contribution in [0.4, 0.5) is 0 Å². The van der Waals surface area contributed by atoms with Crippen molar-refractivity contribution in [1.29, 1.82) is 0 Å². The fraction of sp³-hybridized carbons (Fsp3) is 0.957. The number of carbonyl (C=O) groups excluding carboxylic acids is 1. The maximum absolute atomic E-state index is 12.2. The highest BCUT2D eigenvalue weighted by Gasteiger charge is 2.78. The summed E-state index contributed by atoms with van der Waals surface area (Å²) < 4.78 is 5.06. The minimum Gasteiger partial charge on any atom is -0.469 e. The lowest BCUT2D eigenvalue weighted by atomic mass is 9.31. The van der Waals surface area contributed by atoms with E-state index >= 15 is 0 Å². The van der Waals surface area contributed by atoms with Crippen LogP contribution in [0.25, 0.3) is 0 Å². The van der Waals surface area contributed by atoms with Crippen LogP contribution < -0.4 is 0 Å². The molecule has 6 aliphatic rings. The van der Waals surface area contributed by atoms with Crippen LogP contribution in [0, 0.1) is 40.4 Å². The summed E-state index contributed by atoms with van der Waals surface area (Å²) in [6, 6.07) is 0.434. The van der Waals surface area contributed by atoms with Gasteiger partial charge in [-0.25, -0.2) is 0 Å². The van der Waals surface area contributed by atoms with E-state index in [1.165, 1.54) is 32.8 Å². The van der Waals surface area contributed by atoms with Crippen molar-refractivity contribution in [1.82, 2.24) is 4.90 Å². The topological polar surface area (TPSA) is 49.8 Å². The van der Waals surface area contributed by atoms with Gasteiger partial charge in [-0.2, -0.15) is 0 Å². The van der Waals surface area contributed by atoms with Gasteiger partial charge in [0.1, 0.15) is 5.72 Å². The van der Waals surface area contributed by atoms with Crippen LogP contribution >= 0.6 is 0 Å². The van der Waals surface area contributed by atoms with Crippen LogP contribution in [-0.2, 0) is 9.53 Å². The molecule has 0 aromatic heterocycles. The maximum Gasteiger partial charge on any atom is 0.305 e. The molecule has 3 heterocycles. The molecule has 4 heteroatoms. The minimum absolute atomic E-state index is 0.0606. The van der Waals surface area contributed by atoms with Crippen LogP contribution in [0.1, 0.15) is 72.1 Å². The average Bonchev–Trinajstić information content (AvgIpc) is 2.62. The highest BCUT2D eigenvalue weighted by atomic mass is 16.5. The summed E-state index contributed by atoms with van der Waals surface area (Å²) in [6.07, 6.45) is 8.59. The molecule has 6 fully saturated rings. The Kier molecular flexibility index (Phi) is 3.90. The first-order valence-electron chi connectivity index (χ1n) is 11.4. The van der Waals surface area contributed by atoms with E-state index in [4.69, 9.17) is 4.74 Å². The molecular weight excluding hydrogens is 338 g/mol. The first-order valence-corrected chi connectivity index (χ1v) is 11.4. The molecule has 0 amide bonds. The summed E-state index contributed by atoms with van der Waals surface area (Å²) in [4.78, 5) is 14.8. The molecule has 3 saturated carbocycles. The highest BCUT2D eigenvalue weighted by molar-refractivity contribution is 5.69. The van der Waals surface area contributed by atoms with Gasteiger partial charge in [-0.05, 0) is 79.4 Å². The normalized spacial score (nSPS) is 55.0. The van der Waals surface area contributed by atoms with Gasteiger partial charge in [0.25, 0.3) is 0 Å². The molecule has 3 aliphatic heterocycles. The molecule has 3 saturated heterocycles. The molecule has 0 aromatic carbocycles. The summed E-state index contributed by atoms with van der Waals surface area (Å²) in [6.45, 7) is 8.37. The van der Waals surface area contributed by atoms with E-state index in [0.29, 0.717) is 47.5 Å². The number of carbonyl (C=O) groups is 1. The lowest BCUT2D eigenvalue weighted by Gasteiger charge is -2.82. The largest absolute Gasteiger partial charge is 0.469 e. The molecule has 0 radical (unpaired) electrons. The van der Waals surface area contributed by atoms with Gasteiger partial charge in [-0.3, -0.25) is 9.69 Å². The Bertz CT molecular complexity index is 650. The molecule has 6 unspecified atom stereocenters. The van der Waals surface area contributed by atoms with E-state index in [9.17, 15) is 9.90 Å². The van der Waals surface area contributed by atoms with Crippen molar-refractivity contribution in [3.8, 4) is 0 Å². The van der Waals surface area contributed by atoms with E-state index in [0.717, 1.165) is 25.8 Å². The molecule has 9 atom stereocenters. The SMILES string of the molecule is COC(=O)CC[C@]12C3CCC[C@@]4(O)C3CC3CN4C1C(C(C)C)CC[C@@]32C. The van der Waals surface area contributed by atoms with E-state index in [-0.39, 0.29) is 11.4 Å². The van der Waals surface area contributed by atoms with Crippen molar-refractivity contribution in [2.45, 2.75) is 83.9 Å². The predicted molar refractivity (Wildman–Crippen MR) is 104 cm³/mol. The van der Waals surface area contributed by atoms with E-state index in [2.05, 4.69) is 25.7 Å². The Hall–Kier alpha value is -0.610. The summed E-state index contributed by atoms with van der Waals surface area (Å²) in [7, 11) is 1.52. The molecule has 0 spiro atoms. The van der Waals surface area contributed by atoms with Gasteiger partial charge in [0.2, 0.25) is 0 Å². The Morgan fingerprint density at radius 3 is 2.74 bits per heavy atom. The second-order valence-corrected chi connectivity index (χ2v) is 11.0. The number of aliphatic hydroxyl groups is 1. The van der Waals surface area contributed by atoms with Gasteiger partial charge in [0, 0.05) is 24.9 Å². The number of nitrogens with zero attached hydrogens (tertiary/aromatic N) is 1. The van der Waals surface area contributed by atoms with E-state index in [1.54, 1.807) is 0 Å². The number of methoxy groups -OCH3 is 1. The monoisotopic (exact) mass is 375 g/mol. The molecule has 1 N–H and O–H groups in total. The van der Waals surface area contributed by atoms with Crippen molar-refractivity contribution in [3.05, 3.63) is 0 Å². The minimum atomic E-state index is -0.579. The Morgan fingerprint density at radius 1 is 1.26 bits per heavy atom. The predicted octanol–water partition coefficient (Wildman–Crippen LogP) is 3.82.